The van der Waals surface area contributed by atoms with Crippen molar-refractivity contribution < 1.29 is 26.7 Å². The Bertz CT molecular complexity index is 1050. The quantitative estimate of drug-likeness (QED) is 0.746. The third-order valence-corrected chi connectivity index (χ3v) is 6.67. The van der Waals surface area contributed by atoms with Gasteiger partial charge in [0, 0.05) is 36.9 Å². The molecule has 0 saturated carbocycles. The summed E-state index contributed by atoms with van der Waals surface area (Å²) >= 11 is 0. The zero-order chi connectivity index (χ0) is 21.6. The molecule has 1 aromatic heterocycles. The van der Waals surface area contributed by atoms with Gasteiger partial charge in [-0.25, -0.2) is 17.2 Å². The number of fused-ring (bicyclic) bond motifs is 1. The number of aromatic nitrogens is 2. The topological polar surface area (TPSA) is 99.7 Å². The monoisotopic (exact) mass is 442 g/mol. The zero-order valence-electron chi connectivity index (χ0n) is 16.7. The van der Waals surface area contributed by atoms with Gasteiger partial charge >= 0.3 is 0 Å². The predicted molar refractivity (Wildman–Crippen MR) is 104 cm³/mol. The number of halogens is 2. The fourth-order valence-electron chi connectivity index (χ4n) is 4.40. The van der Waals surface area contributed by atoms with E-state index in [0.29, 0.717) is 25.3 Å². The van der Waals surface area contributed by atoms with Gasteiger partial charge < -0.3 is 15.2 Å². The minimum Gasteiger partial charge on any atom is -0.383 e. The van der Waals surface area contributed by atoms with E-state index in [-0.39, 0.29) is 24.3 Å². The van der Waals surface area contributed by atoms with Crippen molar-refractivity contribution >= 4 is 10.0 Å². The van der Waals surface area contributed by atoms with Gasteiger partial charge in [0.25, 0.3) is 10.0 Å². The summed E-state index contributed by atoms with van der Waals surface area (Å²) in [4.78, 5) is 2.08. The number of methoxy groups -OCH3 is 1. The molecule has 0 unspecified atom stereocenters. The molecule has 1 fully saturated rings. The summed E-state index contributed by atoms with van der Waals surface area (Å²) < 4.78 is 64.2. The molecule has 1 saturated heterocycles. The minimum atomic E-state index is -3.54. The Morgan fingerprint density at radius 3 is 2.77 bits per heavy atom. The molecule has 0 aliphatic carbocycles. The van der Waals surface area contributed by atoms with Gasteiger partial charge in [0.05, 0.1) is 37.4 Å². The number of benzene rings is 1. The lowest BCUT2D eigenvalue weighted by Gasteiger charge is -2.41. The second-order valence-corrected chi connectivity index (χ2v) is 9.58. The van der Waals surface area contributed by atoms with Crippen LogP contribution in [0.2, 0.25) is 0 Å². The van der Waals surface area contributed by atoms with Crippen molar-refractivity contribution in [3.63, 3.8) is 0 Å². The third-order valence-electron chi connectivity index (χ3n) is 5.73. The fraction of sp³-hybridized carbons (Fsp3) is 0.526. The van der Waals surface area contributed by atoms with Crippen LogP contribution in [-0.2, 0) is 26.0 Å². The molecule has 2 aliphatic rings. The standard InChI is InChI=1S/C19H24F2N4O4S/c1-28-10-18-14-7-23-25(30(2,26)27)17(14)8-24(18)12-6-16(22)19(29-9-12)13-5-11(20)3-4-15(13)21/h3-5,7,12,16,18-19H,6,8-10,22H2,1-2H3/t12-,16+,18-,19-/m1/s1. The van der Waals surface area contributed by atoms with Crippen LogP contribution in [0.25, 0.3) is 0 Å². The Hall–Kier alpha value is -1.92. The molecule has 8 nitrogen and oxygen atoms in total. The first-order valence-corrected chi connectivity index (χ1v) is 11.4. The van der Waals surface area contributed by atoms with E-state index in [4.69, 9.17) is 15.2 Å². The van der Waals surface area contributed by atoms with E-state index in [1.54, 1.807) is 13.3 Å². The van der Waals surface area contributed by atoms with Gasteiger partial charge in [-0.15, -0.1) is 0 Å². The number of nitrogens with two attached hydrogens (primary N) is 1. The molecule has 30 heavy (non-hydrogen) atoms. The predicted octanol–water partition coefficient (Wildman–Crippen LogP) is 1.33. The summed E-state index contributed by atoms with van der Waals surface area (Å²) in [6, 6.07) is 2.32. The van der Waals surface area contributed by atoms with E-state index in [2.05, 4.69) is 10.00 Å². The highest BCUT2D eigenvalue weighted by Gasteiger charge is 2.42. The van der Waals surface area contributed by atoms with E-state index in [1.165, 1.54) is 0 Å². The van der Waals surface area contributed by atoms with Crippen LogP contribution in [-0.4, -0.2) is 61.2 Å². The Morgan fingerprint density at radius 2 is 2.10 bits per heavy atom. The summed E-state index contributed by atoms with van der Waals surface area (Å²) in [5.41, 5.74) is 7.78. The van der Waals surface area contributed by atoms with E-state index >= 15 is 0 Å². The van der Waals surface area contributed by atoms with Crippen LogP contribution in [0.5, 0.6) is 0 Å². The fourth-order valence-corrected chi connectivity index (χ4v) is 5.18. The molecule has 2 aromatic rings. The molecule has 3 heterocycles. The first kappa shape index (κ1) is 21.3. The van der Waals surface area contributed by atoms with Crippen LogP contribution in [0, 0.1) is 11.6 Å². The number of rotatable bonds is 5. The summed E-state index contributed by atoms with van der Waals surface area (Å²) in [5.74, 6) is -1.11. The van der Waals surface area contributed by atoms with Crippen molar-refractivity contribution in [3.05, 3.63) is 52.9 Å². The highest BCUT2D eigenvalue weighted by Crippen LogP contribution is 2.40. The molecule has 2 N–H and O–H groups in total. The highest BCUT2D eigenvalue weighted by atomic mass is 32.2. The molecule has 164 valence electrons. The van der Waals surface area contributed by atoms with Gasteiger partial charge in [-0.2, -0.15) is 9.19 Å². The van der Waals surface area contributed by atoms with Gasteiger partial charge in [0.2, 0.25) is 0 Å². The summed E-state index contributed by atoms with van der Waals surface area (Å²) in [5, 5.41) is 4.02. The summed E-state index contributed by atoms with van der Waals surface area (Å²) in [6.45, 7) is 0.928. The summed E-state index contributed by atoms with van der Waals surface area (Å²) in [6.07, 6.45) is 2.37. The largest absolute Gasteiger partial charge is 0.383 e. The van der Waals surface area contributed by atoms with Gasteiger partial charge in [0.1, 0.15) is 17.7 Å². The van der Waals surface area contributed by atoms with Gasteiger partial charge in [-0.3, -0.25) is 4.90 Å². The molecule has 4 rings (SSSR count). The number of hydrogen-bond acceptors (Lipinski definition) is 7. The van der Waals surface area contributed by atoms with Crippen LogP contribution in [0.1, 0.15) is 35.4 Å². The second-order valence-electron chi connectivity index (χ2n) is 7.77. The first-order chi connectivity index (χ1) is 14.2. The average Bonchev–Trinajstić information content (AvgIpc) is 3.24. The van der Waals surface area contributed by atoms with Crippen molar-refractivity contribution in [2.24, 2.45) is 5.73 Å². The highest BCUT2D eigenvalue weighted by molar-refractivity contribution is 7.89. The SMILES string of the molecule is COC[C@@H]1c2cnn(S(C)(=O)=O)c2CN1[C@H]1CO[C@H](c2cc(F)ccc2F)[C@@H](N)C1. The summed E-state index contributed by atoms with van der Waals surface area (Å²) in [7, 11) is -1.96. The Balaban J connectivity index is 1.56. The van der Waals surface area contributed by atoms with Gasteiger partial charge in [-0.1, -0.05) is 0 Å². The lowest BCUT2D eigenvalue weighted by molar-refractivity contribution is -0.0672. The Labute approximate surface area is 173 Å². The number of hydrogen-bond donors (Lipinski definition) is 1. The van der Waals surface area contributed by atoms with E-state index in [1.807, 2.05) is 0 Å². The molecule has 0 bridgehead atoms. The molecule has 1 aromatic carbocycles. The lowest BCUT2D eigenvalue weighted by Crippen LogP contribution is -2.49. The molecule has 2 aliphatic heterocycles. The maximum atomic E-state index is 14.2. The zero-order valence-corrected chi connectivity index (χ0v) is 17.5. The molecule has 4 atom stereocenters. The molecular weight excluding hydrogens is 418 g/mol. The smallest absolute Gasteiger partial charge is 0.251 e. The minimum absolute atomic E-state index is 0.104. The third kappa shape index (κ3) is 3.76. The molecule has 0 amide bonds. The molecule has 11 heteroatoms. The Kier molecular flexibility index (Phi) is 5.66. The number of ether oxygens (including phenoxy) is 2. The van der Waals surface area contributed by atoms with E-state index in [0.717, 1.165) is 34.1 Å². The lowest BCUT2D eigenvalue weighted by atomic mass is 9.93. The van der Waals surface area contributed by atoms with E-state index < -0.39 is 33.8 Å². The average molecular weight is 442 g/mol. The van der Waals surface area contributed by atoms with Crippen LogP contribution >= 0.6 is 0 Å². The second kappa shape index (κ2) is 7.97. The van der Waals surface area contributed by atoms with Crippen molar-refractivity contribution in [2.45, 2.75) is 37.2 Å². The van der Waals surface area contributed by atoms with Crippen LogP contribution in [0.4, 0.5) is 8.78 Å². The normalized spacial score (nSPS) is 27.4. The van der Waals surface area contributed by atoms with Crippen LogP contribution in [0.3, 0.4) is 0 Å². The Morgan fingerprint density at radius 1 is 1.33 bits per heavy atom. The van der Waals surface area contributed by atoms with Gasteiger partial charge in [0.15, 0.2) is 0 Å². The van der Waals surface area contributed by atoms with Gasteiger partial charge in [-0.05, 0) is 24.6 Å². The van der Waals surface area contributed by atoms with Crippen molar-refractivity contribution in [2.75, 3.05) is 26.6 Å². The van der Waals surface area contributed by atoms with E-state index in [9.17, 15) is 17.2 Å². The molecule has 0 radical (unpaired) electrons. The van der Waals surface area contributed by atoms with Crippen LogP contribution in [0.15, 0.2) is 24.4 Å². The molecular formula is C19H24F2N4O4S. The van der Waals surface area contributed by atoms with Crippen LogP contribution < -0.4 is 5.73 Å². The van der Waals surface area contributed by atoms with Crippen molar-refractivity contribution in [1.29, 1.82) is 0 Å². The number of nitrogens with zero attached hydrogens (tertiary/aromatic N) is 3. The maximum absolute atomic E-state index is 14.2. The van der Waals surface area contributed by atoms with Crippen molar-refractivity contribution in [1.82, 2.24) is 14.1 Å². The molecule has 0 spiro atoms. The van der Waals surface area contributed by atoms with Crippen molar-refractivity contribution in [3.8, 4) is 0 Å². The maximum Gasteiger partial charge on any atom is 0.251 e. The first-order valence-electron chi connectivity index (χ1n) is 9.55.